The van der Waals surface area contributed by atoms with E-state index in [1.807, 2.05) is 11.9 Å². The largest absolute Gasteiger partial charge is 0.467 e. The van der Waals surface area contributed by atoms with Crippen molar-refractivity contribution >= 4 is 11.9 Å². The molecule has 1 aliphatic heterocycles. The highest BCUT2D eigenvalue weighted by Crippen LogP contribution is 2.08. The SMILES string of the molecule is CN(CC(=O)NC(=O)NCc1ccco1)C1CCNCC1. The summed E-state index contributed by atoms with van der Waals surface area (Å²) in [4.78, 5) is 25.4. The molecule has 1 aromatic heterocycles. The number of nitrogens with zero attached hydrogens (tertiary/aromatic N) is 1. The molecule has 1 aliphatic rings. The van der Waals surface area contributed by atoms with Gasteiger partial charge in [0.2, 0.25) is 5.91 Å². The molecule has 21 heavy (non-hydrogen) atoms. The van der Waals surface area contributed by atoms with E-state index in [-0.39, 0.29) is 19.0 Å². The number of amides is 3. The highest BCUT2D eigenvalue weighted by atomic mass is 16.3. The molecule has 7 nitrogen and oxygen atoms in total. The van der Waals surface area contributed by atoms with Gasteiger partial charge in [-0.05, 0) is 45.1 Å². The number of piperidine rings is 1. The Kier molecular flexibility index (Phi) is 5.77. The van der Waals surface area contributed by atoms with Gasteiger partial charge in [-0.2, -0.15) is 0 Å². The fraction of sp³-hybridized carbons (Fsp3) is 0.571. The van der Waals surface area contributed by atoms with Crippen LogP contribution in [0, 0.1) is 0 Å². The minimum atomic E-state index is -0.505. The summed E-state index contributed by atoms with van der Waals surface area (Å²) in [6.45, 7) is 2.43. The molecule has 3 N–H and O–H groups in total. The van der Waals surface area contributed by atoms with Crippen molar-refractivity contribution in [1.82, 2.24) is 20.9 Å². The predicted molar refractivity (Wildman–Crippen MR) is 77.6 cm³/mol. The number of imide groups is 1. The molecule has 1 saturated heterocycles. The summed E-state index contributed by atoms with van der Waals surface area (Å²) >= 11 is 0. The maximum Gasteiger partial charge on any atom is 0.321 e. The van der Waals surface area contributed by atoms with Gasteiger partial charge in [0, 0.05) is 6.04 Å². The van der Waals surface area contributed by atoms with Gasteiger partial charge in [-0.25, -0.2) is 4.79 Å². The summed E-state index contributed by atoms with van der Waals surface area (Å²) in [5.74, 6) is 0.345. The minimum Gasteiger partial charge on any atom is -0.467 e. The van der Waals surface area contributed by atoms with Crippen molar-refractivity contribution in [3.8, 4) is 0 Å². The summed E-state index contributed by atoms with van der Waals surface area (Å²) in [5, 5.41) is 8.19. The summed E-state index contributed by atoms with van der Waals surface area (Å²) in [5.41, 5.74) is 0. The number of rotatable bonds is 5. The van der Waals surface area contributed by atoms with Crippen LogP contribution in [0.25, 0.3) is 0 Å². The monoisotopic (exact) mass is 294 g/mol. The maximum atomic E-state index is 11.8. The van der Waals surface area contributed by atoms with Crippen molar-refractivity contribution < 1.29 is 14.0 Å². The van der Waals surface area contributed by atoms with E-state index < -0.39 is 6.03 Å². The quantitative estimate of drug-likeness (QED) is 0.726. The number of carbonyl (C=O) groups is 2. The molecular weight excluding hydrogens is 272 g/mol. The fourth-order valence-corrected chi connectivity index (χ4v) is 2.39. The summed E-state index contributed by atoms with van der Waals surface area (Å²) in [6, 6.07) is 3.39. The number of hydrogen-bond acceptors (Lipinski definition) is 5. The molecule has 1 fully saturated rings. The van der Waals surface area contributed by atoms with Gasteiger partial charge in [0.1, 0.15) is 5.76 Å². The van der Waals surface area contributed by atoms with Crippen LogP contribution < -0.4 is 16.0 Å². The van der Waals surface area contributed by atoms with Crippen LogP contribution in [0.1, 0.15) is 18.6 Å². The van der Waals surface area contributed by atoms with Gasteiger partial charge in [0.25, 0.3) is 0 Å². The van der Waals surface area contributed by atoms with Crippen LogP contribution in [0.3, 0.4) is 0 Å². The highest BCUT2D eigenvalue weighted by Gasteiger charge is 2.20. The van der Waals surface area contributed by atoms with E-state index >= 15 is 0 Å². The van der Waals surface area contributed by atoms with Crippen molar-refractivity contribution in [3.05, 3.63) is 24.2 Å². The lowest BCUT2D eigenvalue weighted by Gasteiger charge is -2.30. The van der Waals surface area contributed by atoms with Crippen LogP contribution in [0.15, 0.2) is 22.8 Å². The molecule has 2 heterocycles. The third kappa shape index (κ3) is 5.20. The first-order valence-electron chi connectivity index (χ1n) is 7.16. The Morgan fingerprint density at radius 1 is 1.43 bits per heavy atom. The smallest absolute Gasteiger partial charge is 0.321 e. The van der Waals surface area contributed by atoms with E-state index in [9.17, 15) is 9.59 Å². The van der Waals surface area contributed by atoms with Crippen LogP contribution >= 0.6 is 0 Å². The number of hydrogen-bond donors (Lipinski definition) is 3. The lowest BCUT2D eigenvalue weighted by atomic mass is 10.1. The van der Waals surface area contributed by atoms with Gasteiger partial charge in [0.05, 0.1) is 19.4 Å². The summed E-state index contributed by atoms with van der Waals surface area (Å²) < 4.78 is 5.09. The van der Waals surface area contributed by atoms with Gasteiger partial charge < -0.3 is 15.1 Å². The van der Waals surface area contributed by atoms with Gasteiger partial charge in [-0.15, -0.1) is 0 Å². The van der Waals surface area contributed by atoms with Crippen LogP contribution in [-0.2, 0) is 11.3 Å². The number of nitrogens with one attached hydrogen (secondary N) is 3. The van der Waals surface area contributed by atoms with E-state index in [2.05, 4.69) is 16.0 Å². The zero-order valence-corrected chi connectivity index (χ0v) is 12.2. The topological polar surface area (TPSA) is 86.6 Å². The van der Waals surface area contributed by atoms with Crippen molar-refractivity contribution in [2.45, 2.75) is 25.4 Å². The number of carbonyl (C=O) groups excluding carboxylic acids is 2. The first-order chi connectivity index (χ1) is 10.1. The molecule has 0 aromatic carbocycles. The number of urea groups is 1. The zero-order chi connectivity index (χ0) is 15.1. The standard InChI is InChI=1S/C14H22N4O3/c1-18(11-4-6-15-7-5-11)10-13(19)17-14(20)16-9-12-3-2-8-21-12/h2-3,8,11,15H,4-7,9-10H2,1H3,(H2,16,17,19,20). The molecule has 0 atom stereocenters. The molecule has 0 radical (unpaired) electrons. The van der Waals surface area contributed by atoms with Gasteiger partial charge >= 0.3 is 6.03 Å². The number of likely N-dealkylation sites (N-methyl/N-ethyl adjacent to an activating group) is 1. The third-order valence-corrected chi connectivity index (χ3v) is 3.58. The maximum absolute atomic E-state index is 11.8. The second-order valence-electron chi connectivity index (χ2n) is 5.21. The van der Waals surface area contributed by atoms with Crippen LogP contribution in [0.5, 0.6) is 0 Å². The van der Waals surface area contributed by atoms with E-state index in [1.165, 1.54) is 6.26 Å². The van der Waals surface area contributed by atoms with Gasteiger partial charge in [0.15, 0.2) is 0 Å². The lowest BCUT2D eigenvalue weighted by Crippen LogP contribution is -2.48. The molecule has 0 bridgehead atoms. The molecule has 1 aromatic rings. The van der Waals surface area contributed by atoms with Crippen LogP contribution in [0.4, 0.5) is 4.79 Å². The molecule has 116 valence electrons. The van der Waals surface area contributed by atoms with E-state index in [4.69, 9.17) is 4.42 Å². The molecule has 2 rings (SSSR count). The first-order valence-corrected chi connectivity index (χ1v) is 7.16. The molecular formula is C14H22N4O3. The highest BCUT2D eigenvalue weighted by molar-refractivity contribution is 5.95. The molecule has 0 saturated carbocycles. The minimum absolute atomic E-state index is 0.221. The van der Waals surface area contributed by atoms with Crippen molar-refractivity contribution in [2.75, 3.05) is 26.7 Å². The molecule has 3 amide bonds. The second-order valence-corrected chi connectivity index (χ2v) is 5.21. The average Bonchev–Trinajstić information content (AvgIpc) is 2.99. The Morgan fingerprint density at radius 3 is 2.86 bits per heavy atom. The van der Waals surface area contributed by atoms with Gasteiger partial charge in [-0.1, -0.05) is 0 Å². The Morgan fingerprint density at radius 2 is 2.19 bits per heavy atom. The zero-order valence-electron chi connectivity index (χ0n) is 12.2. The van der Waals surface area contributed by atoms with Crippen molar-refractivity contribution in [1.29, 1.82) is 0 Å². The molecule has 7 heteroatoms. The Labute approximate surface area is 124 Å². The fourth-order valence-electron chi connectivity index (χ4n) is 2.39. The van der Waals surface area contributed by atoms with E-state index in [0.717, 1.165) is 25.9 Å². The molecule has 0 spiro atoms. The lowest BCUT2D eigenvalue weighted by molar-refractivity contribution is -0.121. The Bertz CT molecular complexity index is 455. The second kappa shape index (κ2) is 7.80. The first kappa shape index (κ1) is 15.5. The summed E-state index contributed by atoms with van der Waals surface area (Å²) in [6.07, 6.45) is 3.58. The molecule has 0 aliphatic carbocycles. The Balaban J connectivity index is 1.66. The van der Waals surface area contributed by atoms with E-state index in [0.29, 0.717) is 11.8 Å². The average molecular weight is 294 g/mol. The predicted octanol–water partition coefficient (Wildman–Crippen LogP) is 0.289. The van der Waals surface area contributed by atoms with E-state index in [1.54, 1.807) is 12.1 Å². The van der Waals surface area contributed by atoms with Crippen LogP contribution in [0.2, 0.25) is 0 Å². The normalized spacial score (nSPS) is 15.9. The summed E-state index contributed by atoms with van der Waals surface area (Å²) in [7, 11) is 1.91. The number of furan rings is 1. The van der Waals surface area contributed by atoms with Crippen molar-refractivity contribution in [2.24, 2.45) is 0 Å². The van der Waals surface area contributed by atoms with Crippen molar-refractivity contribution in [3.63, 3.8) is 0 Å². The third-order valence-electron chi connectivity index (χ3n) is 3.58. The van der Waals surface area contributed by atoms with Crippen LogP contribution in [-0.4, -0.2) is 49.6 Å². The molecule has 0 unspecified atom stereocenters. The Hall–Kier alpha value is -1.86. The van der Waals surface area contributed by atoms with Gasteiger partial charge in [-0.3, -0.25) is 15.0 Å².